The molecule has 0 radical (unpaired) electrons. The lowest BCUT2D eigenvalue weighted by Crippen LogP contribution is -2.21. The molecule has 3 heteroatoms. The molecule has 0 aliphatic rings. The highest BCUT2D eigenvalue weighted by Gasteiger charge is 2.04. The number of hydrogen-bond acceptors (Lipinski definition) is 3. The van der Waals surface area contributed by atoms with Gasteiger partial charge in [-0.3, -0.25) is 0 Å². The van der Waals surface area contributed by atoms with Crippen molar-refractivity contribution in [1.29, 1.82) is 0 Å². The van der Waals surface area contributed by atoms with Gasteiger partial charge in [-0.15, -0.1) is 11.8 Å². The monoisotopic (exact) mass is 211 g/mol. The van der Waals surface area contributed by atoms with Gasteiger partial charge in [0.25, 0.3) is 0 Å². The molecule has 78 valence electrons. The van der Waals surface area contributed by atoms with Crippen molar-refractivity contribution in [3.8, 4) is 0 Å². The summed E-state index contributed by atoms with van der Waals surface area (Å²) in [5, 5.41) is 3.42. The lowest BCUT2D eigenvalue weighted by atomic mass is 10.3. The molecule has 1 aromatic rings. The fourth-order valence-corrected chi connectivity index (χ4v) is 1.88. The van der Waals surface area contributed by atoms with E-state index in [1.807, 2.05) is 6.07 Å². The first-order valence-electron chi connectivity index (χ1n) is 4.66. The predicted octanol–water partition coefficient (Wildman–Crippen LogP) is 2.86. The number of para-hydroxylation sites is 1. The fourth-order valence-electron chi connectivity index (χ4n) is 1.32. The van der Waals surface area contributed by atoms with Crippen molar-refractivity contribution in [2.45, 2.75) is 17.9 Å². The Kier molecular flexibility index (Phi) is 4.84. The topological polar surface area (TPSA) is 21.3 Å². The summed E-state index contributed by atoms with van der Waals surface area (Å²) in [6.07, 6.45) is 2.08. The summed E-state index contributed by atoms with van der Waals surface area (Å²) in [6, 6.07) is 8.65. The van der Waals surface area contributed by atoms with Crippen LogP contribution in [0.1, 0.15) is 6.92 Å². The third-order valence-corrected chi connectivity index (χ3v) is 2.72. The number of nitrogens with one attached hydrogen (secondary N) is 1. The van der Waals surface area contributed by atoms with Crippen LogP contribution in [0.25, 0.3) is 0 Å². The maximum Gasteiger partial charge on any atom is 0.0661 e. The Morgan fingerprint density at radius 2 is 2.14 bits per heavy atom. The van der Waals surface area contributed by atoms with Crippen molar-refractivity contribution < 1.29 is 4.74 Å². The van der Waals surface area contributed by atoms with Gasteiger partial charge in [0.1, 0.15) is 0 Å². The summed E-state index contributed by atoms with van der Waals surface area (Å²) in [7, 11) is 1.72. The fraction of sp³-hybridized carbons (Fsp3) is 0.455. The van der Waals surface area contributed by atoms with Crippen molar-refractivity contribution in [3.05, 3.63) is 24.3 Å². The SMILES string of the molecule is COC[C@H](C)Nc1ccccc1SC. The Hall–Kier alpha value is -0.670. The van der Waals surface area contributed by atoms with Crippen LogP contribution in [0.2, 0.25) is 0 Å². The predicted molar refractivity (Wildman–Crippen MR) is 63.2 cm³/mol. The van der Waals surface area contributed by atoms with Gasteiger partial charge in [-0.1, -0.05) is 12.1 Å². The quantitative estimate of drug-likeness (QED) is 0.757. The average Bonchev–Trinajstić information content (AvgIpc) is 2.19. The maximum absolute atomic E-state index is 5.08. The molecule has 1 rings (SSSR count). The second-order valence-electron chi connectivity index (χ2n) is 3.20. The Labute approximate surface area is 90.0 Å². The summed E-state index contributed by atoms with van der Waals surface area (Å²) < 4.78 is 5.08. The van der Waals surface area contributed by atoms with E-state index in [9.17, 15) is 0 Å². The average molecular weight is 211 g/mol. The van der Waals surface area contributed by atoms with Crippen LogP contribution in [0.15, 0.2) is 29.2 Å². The molecule has 0 spiro atoms. The van der Waals surface area contributed by atoms with Crippen molar-refractivity contribution in [1.82, 2.24) is 0 Å². The molecule has 0 saturated carbocycles. The molecule has 1 aromatic carbocycles. The zero-order chi connectivity index (χ0) is 10.4. The van der Waals surface area contributed by atoms with Gasteiger partial charge in [0.15, 0.2) is 0 Å². The Bertz CT molecular complexity index is 278. The van der Waals surface area contributed by atoms with E-state index >= 15 is 0 Å². The third-order valence-electron chi connectivity index (χ3n) is 1.93. The molecule has 0 fully saturated rings. The Morgan fingerprint density at radius 1 is 1.43 bits per heavy atom. The molecule has 0 aromatic heterocycles. The number of methoxy groups -OCH3 is 1. The van der Waals surface area contributed by atoms with Crippen LogP contribution >= 0.6 is 11.8 Å². The van der Waals surface area contributed by atoms with E-state index in [0.29, 0.717) is 6.04 Å². The molecule has 1 N–H and O–H groups in total. The summed E-state index contributed by atoms with van der Waals surface area (Å²) in [4.78, 5) is 1.27. The number of anilines is 1. The standard InChI is InChI=1S/C11H17NOS/c1-9(8-13-2)12-10-6-4-5-7-11(10)14-3/h4-7,9,12H,8H2,1-3H3/t9-/m0/s1. The molecule has 1 atom stereocenters. The molecule has 0 unspecified atom stereocenters. The summed E-state index contributed by atoms with van der Waals surface area (Å²) >= 11 is 1.75. The van der Waals surface area contributed by atoms with Crippen LogP contribution < -0.4 is 5.32 Å². The van der Waals surface area contributed by atoms with Gasteiger partial charge in [0, 0.05) is 23.7 Å². The second kappa shape index (κ2) is 5.94. The molecule has 0 aliphatic carbocycles. The first-order valence-corrected chi connectivity index (χ1v) is 5.89. The minimum atomic E-state index is 0.341. The lowest BCUT2D eigenvalue weighted by molar-refractivity contribution is 0.190. The largest absolute Gasteiger partial charge is 0.383 e. The van der Waals surface area contributed by atoms with E-state index in [4.69, 9.17) is 4.74 Å². The van der Waals surface area contributed by atoms with Crippen molar-refractivity contribution in [2.75, 3.05) is 25.3 Å². The first kappa shape index (κ1) is 11.4. The Balaban J connectivity index is 2.65. The van der Waals surface area contributed by atoms with Crippen LogP contribution in [0.3, 0.4) is 0 Å². The van der Waals surface area contributed by atoms with Gasteiger partial charge in [0.2, 0.25) is 0 Å². The van der Waals surface area contributed by atoms with E-state index < -0.39 is 0 Å². The summed E-state index contributed by atoms with van der Waals surface area (Å²) in [5.41, 5.74) is 1.18. The molecule has 0 aliphatic heterocycles. The number of benzene rings is 1. The third kappa shape index (κ3) is 3.24. The van der Waals surface area contributed by atoms with Gasteiger partial charge in [0.05, 0.1) is 6.61 Å². The number of rotatable bonds is 5. The van der Waals surface area contributed by atoms with Crippen LogP contribution in [-0.2, 0) is 4.74 Å². The zero-order valence-electron chi connectivity index (χ0n) is 8.91. The lowest BCUT2D eigenvalue weighted by Gasteiger charge is -2.16. The normalized spacial score (nSPS) is 12.5. The molecule has 0 bridgehead atoms. The molecular weight excluding hydrogens is 194 g/mol. The van der Waals surface area contributed by atoms with Crippen LogP contribution in [0.5, 0.6) is 0 Å². The molecule has 14 heavy (non-hydrogen) atoms. The second-order valence-corrected chi connectivity index (χ2v) is 4.05. The minimum Gasteiger partial charge on any atom is -0.383 e. The summed E-state index contributed by atoms with van der Waals surface area (Å²) in [6.45, 7) is 2.84. The van der Waals surface area contributed by atoms with Gasteiger partial charge in [-0.25, -0.2) is 0 Å². The van der Waals surface area contributed by atoms with E-state index in [0.717, 1.165) is 6.61 Å². The van der Waals surface area contributed by atoms with E-state index in [1.165, 1.54) is 10.6 Å². The van der Waals surface area contributed by atoms with Gasteiger partial charge in [-0.2, -0.15) is 0 Å². The smallest absolute Gasteiger partial charge is 0.0661 e. The summed E-state index contributed by atoms with van der Waals surface area (Å²) in [5.74, 6) is 0. The highest BCUT2D eigenvalue weighted by Crippen LogP contribution is 2.24. The molecule has 0 saturated heterocycles. The number of hydrogen-bond donors (Lipinski definition) is 1. The maximum atomic E-state index is 5.08. The highest BCUT2D eigenvalue weighted by atomic mass is 32.2. The highest BCUT2D eigenvalue weighted by molar-refractivity contribution is 7.98. The van der Waals surface area contributed by atoms with Crippen molar-refractivity contribution >= 4 is 17.4 Å². The van der Waals surface area contributed by atoms with Crippen LogP contribution in [0.4, 0.5) is 5.69 Å². The minimum absolute atomic E-state index is 0.341. The van der Waals surface area contributed by atoms with Gasteiger partial charge in [-0.05, 0) is 25.3 Å². The van der Waals surface area contributed by atoms with Gasteiger partial charge >= 0.3 is 0 Å². The van der Waals surface area contributed by atoms with Crippen molar-refractivity contribution in [3.63, 3.8) is 0 Å². The Morgan fingerprint density at radius 3 is 2.79 bits per heavy atom. The molecule has 2 nitrogen and oxygen atoms in total. The van der Waals surface area contributed by atoms with Gasteiger partial charge < -0.3 is 10.1 Å². The van der Waals surface area contributed by atoms with E-state index in [2.05, 4.69) is 36.7 Å². The van der Waals surface area contributed by atoms with Crippen LogP contribution in [-0.4, -0.2) is 26.0 Å². The molecular formula is C11H17NOS. The number of ether oxygens (including phenoxy) is 1. The first-order chi connectivity index (χ1) is 6.77. The number of thioether (sulfide) groups is 1. The van der Waals surface area contributed by atoms with Crippen molar-refractivity contribution in [2.24, 2.45) is 0 Å². The van der Waals surface area contributed by atoms with Crippen LogP contribution in [0, 0.1) is 0 Å². The van der Waals surface area contributed by atoms with E-state index in [1.54, 1.807) is 18.9 Å². The molecule has 0 amide bonds. The zero-order valence-corrected chi connectivity index (χ0v) is 9.73. The molecule has 0 heterocycles. The van der Waals surface area contributed by atoms with E-state index in [-0.39, 0.29) is 0 Å².